The third-order valence-corrected chi connectivity index (χ3v) is 7.92. The third-order valence-electron chi connectivity index (χ3n) is 7.01. The summed E-state index contributed by atoms with van der Waals surface area (Å²) in [6, 6.07) is 13.1. The van der Waals surface area contributed by atoms with Crippen molar-refractivity contribution in [1.82, 2.24) is 9.47 Å². The van der Waals surface area contributed by atoms with Crippen molar-refractivity contribution in [3.05, 3.63) is 96.2 Å². The number of para-hydroxylation sites is 1. The lowest BCUT2D eigenvalue weighted by Crippen LogP contribution is -2.27. The van der Waals surface area contributed by atoms with Crippen molar-refractivity contribution >= 4 is 46.0 Å². The molecule has 2 amide bonds. The van der Waals surface area contributed by atoms with Crippen LogP contribution in [-0.4, -0.2) is 43.5 Å². The first kappa shape index (κ1) is 26.2. The predicted molar refractivity (Wildman–Crippen MR) is 148 cm³/mol. The number of aromatic nitrogens is 1. The van der Waals surface area contributed by atoms with Crippen LogP contribution in [0.2, 0.25) is 0 Å². The number of hydrogen-bond donors (Lipinski definition) is 0. The van der Waals surface area contributed by atoms with Gasteiger partial charge in [0, 0.05) is 42.2 Å². The molecule has 39 heavy (non-hydrogen) atoms. The number of anilines is 1. The summed E-state index contributed by atoms with van der Waals surface area (Å²) in [5.41, 5.74) is 3.63. The second-order valence-electron chi connectivity index (χ2n) is 9.44. The Balaban J connectivity index is 1.45. The van der Waals surface area contributed by atoms with Gasteiger partial charge in [-0.1, -0.05) is 18.2 Å². The van der Waals surface area contributed by atoms with E-state index in [1.165, 1.54) is 18.2 Å². The highest BCUT2D eigenvalue weighted by molar-refractivity contribution is 8.18. The topological polar surface area (TPSA) is 132 Å². The molecule has 2 fully saturated rings. The van der Waals surface area contributed by atoms with Crippen molar-refractivity contribution in [3.63, 3.8) is 0 Å². The number of nitrogens with zero attached hydrogens (tertiary/aromatic N) is 5. The molecule has 2 aliphatic rings. The molecule has 2 aromatic carbocycles. The Labute approximate surface area is 228 Å². The van der Waals surface area contributed by atoms with Crippen molar-refractivity contribution < 1.29 is 19.4 Å². The van der Waals surface area contributed by atoms with Gasteiger partial charge in [-0.05, 0) is 68.3 Å². The van der Waals surface area contributed by atoms with Crippen LogP contribution < -0.4 is 4.90 Å². The van der Waals surface area contributed by atoms with Crippen LogP contribution in [0.1, 0.15) is 35.4 Å². The third kappa shape index (κ3) is 4.90. The average Bonchev–Trinajstić information content (AvgIpc) is 3.60. The van der Waals surface area contributed by atoms with Gasteiger partial charge in [-0.2, -0.15) is 0 Å². The number of carbonyl (C=O) groups excluding carboxylic acids is 2. The van der Waals surface area contributed by atoms with E-state index in [4.69, 9.17) is 0 Å². The summed E-state index contributed by atoms with van der Waals surface area (Å²) in [5, 5.41) is 22.7. The van der Waals surface area contributed by atoms with Gasteiger partial charge in [0.1, 0.15) is 5.69 Å². The van der Waals surface area contributed by atoms with Crippen molar-refractivity contribution in [2.24, 2.45) is 0 Å². The molecule has 0 atom stereocenters. The van der Waals surface area contributed by atoms with Gasteiger partial charge in [-0.3, -0.25) is 34.7 Å². The maximum Gasteiger partial charge on any atom is 0.294 e. The van der Waals surface area contributed by atoms with Crippen LogP contribution in [0.25, 0.3) is 11.8 Å². The number of benzene rings is 2. The van der Waals surface area contributed by atoms with Gasteiger partial charge in [-0.15, -0.1) is 0 Å². The summed E-state index contributed by atoms with van der Waals surface area (Å²) in [6.45, 7) is 5.09. The highest BCUT2D eigenvalue weighted by atomic mass is 32.2. The van der Waals surface area contributed by atoms with Gasteiger partial charge in [0.05, 0.1) is 27.0 Å². The first-order valence-electron chi connectivity index (χ1n) is 12.4. The lowest BCUT2D eigenvalue weighted by molar-refractivity contribution is -0.385. The fourth-order valence-corrected chi connectivity index (χ4v) is 5.95. The van der Waals surface area contributed by atoms with Crippen LogP contribution in [0.5, 0.6) is 0 Å². The molecular weight excluding hydrogens is 522 g/mol. The molecule has 2 saturated heterocycles. The first-order valence-corrected chi connectivity index (χ1v) is 13.2. The van der Waals surface area contributed by atoms with Crippen molar-refractivity contribution in [2.45, 2.75) is 33.2 Å². The highest BCUT2D eigenvalue weighted by Crippen LogP contribution is 2.37. The van der Waals surface area contributed by atoms with Gasteiger partial charge >= 0.3 is 0 Å². The lowest BCUT2D eigenvalue weighted by Gasteiger charge is -2.19. The summed E-state index contributed by atoms with van der Waals surface area (Å²) in [6.07, 6.45) is 3.63. The number of hydrogen-bond acceptors (Lipinski definition) is 8. The smallest absolute Gasteiger partial charge is 0.294 e. The maximum absolute atomic E-state index is 13.1. The van der Waals surface area contributed by atoms with E-state index < -0.39 is 16.1 Å². The van der Waals surface area contributed by atoms with Crippen molar-refractivity contribution in [2.75, 3.05) is 18.0 Å². The van der Waals surface area contributed by atoms with Crippen molar-refractivity contribution in [3.8, 4) is 5.69 Å². The number of rotatable bonds is 7. The number of amides is 2. The maximum atomic E-state index is 13.1. The van der Waals surface area contributed by atoms with Crippen LogP contribution in [0.4, 0.5) is 21.9 Å². The van der Waals surface area contributed by atoms with Gasteiger partial charge < -0.3 is 9.47 Å². The van der Waals surface area contributed by atoms with Gasteiger partial charge in [0.15, 0.2) is 0 Å². The van der Waals surface area contributed by atoms with E-state index in [2.05, 4.69) is 0 Å². The monoisotopic (exact) mass is 547 g/mol. The lowest BCUT2D eigenvalue weighted by atomic mass is 10.1. The van der Waals surface area contributed by atoms with E-state index in [1.807, 2.05) is 35.4 Å². The average molecular weight is 548 g/mol. The van der Waals surface area contributed by atoms with Crippen LogP contribution >= 0.6 is 11.8 Å². The van der Waals surface area contributed by atoms with E-state index in [9.17, 15) is 29.8 Å². The normalized spacial score (nSPS) is 16.5. The van der Waals surface area contributed by atoms with Gasteiger partial charge in [0.2, 0.25) is 0 Å². The SMILES string of the molecule is Cc1cc(/C=C2\SC(=O)N(Cc3ccccc3[N+](=O)[O-])C2=O)c(C)n1-c1ccc(N2CCCC2)c([N+](=O)[O-])c1. The minimum atomic E-state index is -0.541. The molecule has 200 valence electrons. The van der Waals surface area contributed by atoms with Crippen LogP contribution in [-0.2, 0) is 11.3 Å². The van der Waals surface area contributed by atoms with Crippen LogP contribution in [0, 0.1) is 34.1 Å². The zero-order valence-corrected chi connectivity index (χ0v) is 22.1. The molecular formula is C27H25N5O6S. The first-order chi connectivity index (χ1) is 18.7. The summed E-state index contributed by atoms with van der Waals surface area (Å²) in [5.74, 6) is -0.529. The van der Waals surface area contributed by atoms with E-state index in [1.54, 1.807) is 24.3 Å². The molecule has 1 aromatic heterocycles. The Morgan fingerprint density at radius 1 is 0.949 bits per heavy atom. The van der Waals surface area contributed by atoms with E-state index in [0.717, 1.165) is 54.0 Å². The van der Waals surface area contributed by atoms with Crippen LogP contribution in [0.3, 0.4) is 0 Å². The number of imide groups is 1. The zero-order valence-electron chi connectivity index (χ0n) is 21.3. The molecule has 0 bridgehead atoms. The Kier molecular flexibility index (Phi) is 6.96. The fourth-order valence-electron chi connectivity index (χ4n) is 5.12. The minimum Gasteiger partial charge on any atom is -0.366 e. The molecule has 3 aromatic rings. The molecule has 11 nitrogen and oxygen atoms in total. The Morgan fingerprint density at radius 2 is 1.64 bits per heavy atom. The molecule has 12 heteroatoms. The number of nitro benzene ring substituents is 2. The minimum absolute atomic E-state index is 0.0413. The summed E-state index contributed by atoms with van der Waals surface area (Å²) < 4.78 is 1.88. The molecule has 0 N–H and O–H groups in total. The van der Waals surface area contributed by atoms with Gasteiger partial charge in [-0.25, -0.2) is 0 Å². The van der Waals surface area contributed by atoms with Gasteiger partial charge in [0.25, 0.3) is 22.5 Å². The standard InChI is InChI=1S/C27H25N5O6S/c1-17-13-20(14-25-26(33)29(27(34)39-25)16-19-7-3-4-8-22(19)31(35)36)18(2)30(17)21-9-10-23(24(15-21)32(37)38)28-11-5-6-12-28/h3-4,7-10,13-15H,5-6,11-12,16H2,1-2H3/b25-14-. The molecule has 0 unspecified atom stereocenters. The highest BCUT2D eigenvalue weighted by Gasteiger charge is 2.36. The second kappa shape index (κ2) is 10.4. The van der Waals surface area contributed by atoms with E-state index in [-0.39, 0.29) is 33.3 Å². The number of aryl methyl sites for hydroxylation is 1. The number of carbonyl (C=O) groups is 2. The summed E-state index contributed by atoms with van der Waals surface area (Å²) >= 11 is 0.777. The Bertz CT molecular complexity index is 1560. The van der Waals surface area contributed by atoms with E-state index >= 15 is 0 Å². The molecule has 3 heterocycles. The Hall–Kier alpha value is -4.45. The molecule has 0 radical (unpaired) electrons. The number of thioether (sulfide) groups is 1. The molecule has 5 rings (SSSR count). The molecule has 0 spiro atoms. The largest absolute Gasteiger partial charge is 0.366 e. The molecule has 0 saturated carbocycles. The fraction of sp³-hybridized carbons (Fsp3) is 0.259. The molecule has 2 aliphatic heterocycles. The van der Waals surface area contributed by atoms with Crippen molar-refractivity contribution in [1.29, 1.82) is 0 Å². The zero-order chi connectivity index (χ0) is 27.8. The van der Waals surface area contributed by atoms with E-state index in [0.29, 0.717) is 16.9 Å². The number of nitro groups is 2. The summed E-state index contributed by atoms with van der Waals surface area (Å²) in [7, 11) is 0. The summed E-state index contributed by atoms with van der Waals surface area (Å²) in [4.78, 5) is 51.4. The predicted octanol–water partition coefficient (Wildman–Crippen LogP) is 5.75. The second-order valence-corrected chi connectivity index (χ2v) is 10.4. The quantitative estimate of drug-likeness (QED) is 0.208. The molecule has 0 aliphatic carbocycles. The van der Waals surface area contributed by atoms with Crippen LogP contribution in [0.15, 0.2) is 53.4 Å². The Morgan fingerprint density at radius 3 is 2.33 bits per heavy atom.